The first-order chi connectivity index (χ1) is 12.9. The molecule has 0 saturated carbocycles. The molecule has 0 aliphatic carbocycles. The van der Waals surface area contributed by atoms with E-state index in [0.29, 0.717) is 25.9 Å². The SMILES string of the molecule is O=C(Oc1ccc([N+](=O)[O-])cc1)C1CCN(c2ccc([N+](=O)[O-])cc2)CC1. The van der Waals surface area contributed by atoms with Crippen molar-refractivity contribution in [3.63, 3.8) is 0 Å². The van der Waals surface area contributed by atoms with Gasteiger partial charge in [-0.05, 0) is 37.1 Å². The number of nitro benzene ring substituents is 2. The summed E-state index contributed by atoms with van der Waals surface area (Å²) < 4.78 is 5.32. The lowest BCUT2D eigenvalue weighted by molar-refractivity contribution is -0.385. The summed E-state index contributed by atoms with van der Waals surface area (Å²) in [6.45, 7) is 1.27. The van der Waals surface area contributed by atoms with E-state index < -0.39 is 9.85 Å². The zero-order valence-corrected chi connectivity index (χ0v) is 14.3. The normalized spacial score (nSPS) is 14.6. The monoisotopic (exact) mass is 371 g/mol. The second-order valence-electron chi connectivity index (χ2n) is 6.21. The molecule has 0 bridgehead atoms. The zero-order valence-electron chi connectivity index (χ0n) is 14.3. The fraction of sp³-hybridized carbons (Fsp3) is 0.278. The molecule has 1 saturated heterocycles. The Morgan fingerprint density at radius 1 is 0.889 bits per heavy atom. The summed E-state index contributed by atoms with van der Waals surface area (Å²) in [5.74, 6) is -0.329. The van der Waals surface area contributed by atoms with Crippen LogP contribution in [0.2, 0.25) is 0 Å². The van der Waals surface area contributed by atoms with Gasteiger partial charge in [0, 0.05) is 43.0 Å². The van der Waals surface area contributed by atoms with Gasteiger partial charge in [0.15, 0.2) is 0 Å². The maximum absolute atomic E-state index is 12.3. The largest absolute Gasteiger partial charge is 0.426 e. The molecule has 1 aliphatic rings. The van der Waals surface area contributed by atoms with Crippen LogP contribution in [0.1, 0.15) is 12.8 Å². The minimum Gasteiger partial charge on any atom is -0.426 e. The summed E-state index contributed by atoms with van der Waals surface area (Å²) in [6.07, 6.45) is 1.20. The van der Waals surface area contributed by atoms with E-state index in [-0.39, 0.29) is 29.0 Å². The summed E-state index contributed by atoms with van der Waals surface area (Å²) in [6, 6.07) is 11.7. The number of benzene rings is 2. The number of nitro groups is 2. The molecule has 3 rings (SSSR count). The van der Waals surface area contributed by atoms with Gasteiger partial charge >= 0.3 is 5.97 Å². The van der Waals surface area contributed by atoms with Gasteiger partial charge < -0.3 is 9.64 Å². The smallest absolute Gasteiger partial charge is 0.314 e. The second-order valence-corrected chi connectivity index (χ2v) is 6.21. The maximum atomic E-state index is 12.3. The van der Waals surface area contributed by atoms with Gasteiger partial charge in [-0.3, -0.25) is 25.0 Å². The molecule has 0 spiro atoms. The van der Waals surface area contributed by atoms with Crippen LogP contribution in [-0.2, 0) is 4.79 Å². The number of non-ortho nitro benzene ring substituents is 2. The number of hydrogen-bond donors (Lipinski definition) is 0. The van der Waals surface area contributed by atoms with E-state index in [0.717, 1.165) is 5.69 Å². The predicted octanol–water partition coefficient (Wildman–Crippen LogP) is 3.33. The van der Waals surface area contributed by atoms with Crippen molar-refractivity contribution in [2.75, 3.05) is 18.0 Å². The molecule has 0 unspecified atom stereocenters. The summed E-state index contributed by atoms with van der Waals surface area (Å²) >= 11 is 0. The minimum atomic E-state index is -0.514. The standard InChI is InChI=1S/C18H17N3O6/c22-18(27-17-7-5-16(6-8-17)21(25)26)13-9-11-19(12-10-13)14-1-3-15(4-2-14)20(23)24/h1-8,13H,9-12H2. The third-order valence-corrected chi connectivity index (χ3v) is 4.52. The van der Waals surface area contributed by atoms with Gasteiger partial charge in [-0.25, -0.2) is 0 Å². The van der Waals surface area contributed by atoms with Crippen LogP contribution >= 0.6 is 0 Å². The number of rotatable bonds is 5. The van der Waals surface area contributed by atoms with Crippen LogP contribution in [0, 0.1) is 26.1 Å². The first-order valence-electron chi connectivity index (χ1n) is 8.39. The molecule has 140 valence electrons. The van der Waals surface area contributed by atoms with Gasteiger partial charge in [0.1, 0.15) is 5.75 Å². The van der Waals surface area contributed by atoms with E-state index in [1.54, 1.807) is 12.1 Å². The van der Waals surface area contributed by atoms with Crippen molar-refractivity contribution in [3.05, 3.63) is 68.8 Å². The fourth-order valence-electron chi connectivity index (χ4n) is 2.99. The van der Waals surface area contributed by atoms with E-state index >= 15 is 0 Å². The van der Waals surface area contributed by atoms with E-state index in [1.807, 2.05) is 0 Å². The number of nitrogens with zero attached hydrogens (tertiary/aromatic N) is 3. The predicted molar refractivity (Wildman–Crippen MR) is 96.8 cm³/mol. The quantitative estimate of drug-likeness (QED) is 0.342. The van der Waals surface area contributed by atoms with Crippen LogP contribution < -0.4 is 9.64 Å². The Kier molecular flexibility index (Phi) is 5.30. The number of anilines is 1. The average molecular weight is 371 g/mol. The number of esters is 1. The van der Waals surface area contributed by atoms with Crippen molar-refractivity contribution < 1.29 is 19.4 Å². The fourth-order valence-corrected chi connectivity index (χ4v) is 2.99. The van der Waals surface area contributed by atoms with Gasteiger partial charge in [0.2, 0.25) is 0 Å². The van der Waals surface area contributed by atoms with Gasteiger partial charge in [0.05, 0.1) is 15.8 Å². The highest BCUT2D eigenvalue weighted by Gasteiger charge is 2.27. The van der Waals surface area contributed by atoms with Crippen molar-refractivity contribution in [1.29, 1.82) is 0 Å². The number of hydrogen-bond acceptors (Lipinski definition) is 7. The van der Waals surface area contributed by atoms with Crippen molar-refractivity contribution in [2.45, 2.75) is 12.8 Å². The first-order valence-corrected chi connectivity index (χ1v) is 8.39. The Balaban J connectivity index is 1.54. The summed E-state index contributed by atoms with van der Waals surface area (Å²) in [4.78, 5) is 34.8. The molecule has 0 atom stereocenters. The first kappa shape index (κ1) is 18.3. The molecule has 1 fully saturated rings. The summed E-state index contributed by atoms with van der Waals surface area (Å²) in [5.41, 5.74) is 0.856. The average Bonchev–Trinajstić information content (AvgIpc) is 2.68. The van der Waals surface area contributed by atoms with E-state index in [4.69, 9.17) is 4.74 Å². The minimum absolute atomic E-state index is 0.0420. The van der Waals surface area contributed by atoms with Gasteiger partial charge in [0.25, 0.3) is 11.4 Å². The molecule has 0 amide bonds. The Hall–Kier alpha value is -3.49. The topological polar surface area (TPSA) is 116 Å². The van der Waals surface area contributed by atoms with Crippen LogP contribution in [0.25, 0.3) is 0 Å². The Bertz CT molecular complexity index is 842. The Morgan fingerprint density at radius 3 is 1.85 bits per heavy atom. The Labute approximate surface area is 154 Å². The lowest BCUT2D eigenvalue weighted by atomic mass is 9.96. The summed E-state index contributed by atoms with van der Waals surface area (Å²) in [7, 11) is 0. The molecule has 0 aromatic heterocycles. The number of carbonyl (C=O) groups is 1. The third kappa shape index (κ3) is 4.38. The molecule has 9 nitrogen and oxygen atoms in total. The van der Waals surface area contributed by atoms with Crippen molar-refractivity contribution in [1.82, 2.24) is 0 Å². The molecular formula is C18H17N3O6. The number of ether oxygens (including phenoxy) is 1. The van der Waals surface area contributed by atoms with Crippen LogP contribution in [-0.4, -0.2) is 28.9 Å². The number of piperidine rings is 1. The zero-order chi connectivity index (χ0) is 19.4. The highest BCUT2D eigenvalue weighted by Crippen LogP contribution is 2.27. The highest BCUT2D eigenvalue weighted by atomic mass is 16.6. The molecule has 9 heteroatoms. The molecule has 0 N–H and O–H groups in total. The lowest BCUT2D eigenvalue weighted by Crippen LogP contribution is -2.37. The van der Waals surface area contributed by atoms with E-state index in [1.165, 1.54) is 36.4 Å². The van der Waals surface area contributed by atoms with Gasteiger partial charge in [-0.1, -0.05) is 0 Å². The third-order valence-electron chi connectivity index (χ3n) is 4.52. The van der Waals surface area contributed by atoms with Crippen LogP contribution in [0.5, 0.6) is 5.75 Å². The second kappa shape index (κ2) is 7.81. The molecule has 27 heavy (non-hydrogen) atoms. The van der Waals surface area contributed by atoms with Crippen molar-refractivity contribution in [3.8, 4) is 5.75 Å². The van der Waals surface area contributed by atoms with Crippen LogP contribution in [0.3, 0.4) is 0 Å². The lowest BCUT2D eigenvalue weighted by Gasteiger charge is -2.32. The van der Waals surface area contributed by atoms with E-state index in [2.05, 4.69) is 4.90 Å². The number of carbonyl (C=O) groups excluding carboxylic acids is 1. The maximum Gasteiger partial charge on any atom is 0.314 e. The van der Waals surface area contributed by atoms with Crippen LogP contribution in [0.15, 0.2) is 48.5 Å². The summed E-state index contributed by atoms with van der Waals surface area (Å²) in [5, 5.41) is 21.4. The highest BCUT2D eigenvalue weighted by molar-refractivity contribution is 5.75. The van der Waals surface area contributed by atoms with Crippen LogP contribution in [0.4, 0.5) is 17.1 Å². The molecular weight excluding hydrogens is 354 g/mol. The Morgan fingerprint density at radius 2 is 1.37 bits per heavy atom. The van der Waals surface area contributed by atoms with Crippen molar-refractivity contribution in [2.24, 2.45) is 5.92 Å². The van der Waals surface area contributed by atoms with E-state index in [9.17, 15) is 25.0 Å². The van der Waals surface area contributed by atoms with Gasteiger partial charge in [-0.2, -0.15) is 0 Å². The molecule has 2 aromatic carbocycles. The molecule has 1 heterocycles. The van der Waals surface area contributed by atoms with Gasteiger partial charge in [-0.15, -0.1) is 0 Å². The molecule has 0 radical (unpaired) electrons. The molecule has 2 aromatic rings. The molecule has 1 aliphatic heterocycles. The van der Waals surface area contributed by atoms with Crippen molar-refractivity contribution >= 4 is 23.0 Å².